The summed E-state index contributed by atoms with van der Waals surface area (Å²) in [6, 6.07) is 14.2. The van der Waals surface area contributed by atoms with E-state index in [9.17, 15) is 14.4 Å². The van der Waals surface area contributed by atoms with Crippen molar-refractivity contribution in [3.63, 3.8) is 0 Å². The molecular weight excluding hydrogens is 332 g/mol. The first-order valence-electron chi connectivity index (χ1n) is 8.35. The fourth-order valence-electron chi connectivity index (χ4n) is 2.31. The zero-order valence-corrected chi connectivity index (χ0v) is 14.6. The van der Waals surface area contributed by atoms with E-state index in [2.05, 4.69) is 10.6 Å². The first kappa shape index (κ1) is 19.2. The van der Waals surface area contributed by atoms with Crippen LogP contribution in [0, 0.1) is 6.92 Å². The van der Waals surface area contributed by atoms with Gasteiger partial charge in [0.1, 0.15) is 0 Å². The Morgan fingerprint density at radius 1 is 0.846 bits per heavy atom. The van der Waals surface area contributed by atoms with Gasteiger partial charge in [-0.25, -0.2) is 4.79 Å². The van der Waals surface area contributed by atoms with E-state index in [0.717, 1.165) is 11.1 Å². The van der Waals surface area contributed by atoms with E-state index in [1.54, 1.807) is 12.1 Å². The van der Waals surface area contributed by atoms with Gasteiger partial charge in [-0.2, -0.15) is 0 Å². The third kappa shape index (κ3) is 6.39. The topological polar surface area (TPSA) is 95.5 Å². The first-order valence-corrected chi connectivity index (χ1v) is 8.35. The molecule has 26 heavy (non-hydrogen) atoms. The zero-order chi connectivity index (χ0) is 18.9. The van der Waals surface area contributed by atoms with Crippen LogP contribution in [-0.2, 0) is 22.6 Å². The van der Waals surface area contributed by atoms with Crippen molar-refractivity contribution < 1.29 is 19.5 Å². The summed E-state index contributed by atoms with van der Waals surface area (Å²) in [6.07, 6.45) is 0.955. The Labute approximate surface area is 152 Å². The van der Waals surface area contributed by atoms with Crippen LogP contribution < -0.4 is 10.6 Å². The smallest absolute Gasteiger partial charge is 0.335 e. The van der Waals surface area contributed by atoms with Gasteiger partial charge in [-0.3, -0.25) is 9.59 Å². The number of carbonyl (C=O) groups is 3. The molecule has 0 bridgehead atoms. The molecule has 0 aromatic heterocycles. The Balaban J connectivity index is 1.66. The highest BCUT2D eigenvalue weighted by Gasteiger charge is 2.07. The summed E-state index contributed by atoms with van der Waals surface area (Å²) in [5.41, 5.74) is 3.24. The lowest BCUT2D eigenvalue weighted by Gasteiger charge is -2.08. The second kappa shape index (κ2) is 9.36. The van der Waals surface area contributed by atoms with Crippen molar-refractivity contribution in [3.05, 3.63) is 70.8 Å². The molecule has 136 valence electrons. The summed E-state index contributed by atoms with van der Waals surface area (Å²) in [5.74, 6) is -1.46. The second-order valence-electron chi connectivity index (χ2n) is 6.04. The molecule has 0 heterocycles. The minimum atomic E-state index is -0.992. The van der Waals surface area contributed by atoms with Crippen LogP contribution in [-0.4, -0.2) is 29.4 Å². The molecular formula is C20H22N2O4. The molecule has 0 aliphatic rings. The standard InChI is InChI=1S/C20H22N2O4/c1-14-2-4-15(5-3-14)8-11-18(23)22-13-19(24)21-12-16-6-9-17(10-7-16)20(25)26/h2-7,9-10H,8,11-13H2,1H3,(H,21,24)(H,22,23)(H,25,26). The molecule has 0 unspecified atom stereocenters. The number of carbonyl (C=O) groups excluding carboxylic acids is 2. The Hall–Kier alpha value is -3.15. The first-order chi connectivity index (χ1) is 12.4. The number of amides is 2. The summed E-state index contributed by atoms with van der Waals surface area (Å²) < 4.78 is 0. The Morgan fingerprint density at radius 3 is 2.08 bits per heavy atom. The Bertz CT molecular complexity index is 767. The van der Waals surface area contributed by atoms with Crippen LogP contribution in [0.4, 0.5) is 0 Å². The number of benzene rings is 2. The van der Waals surface area contributed by atoms with E-state index in [1.807, 2.05) is 31.2 Å². The largest absolute Gasteiger partial charge is 0.478 e. The quantitative estimate of drug-likeness (QED) is 0.676. The molecule has 0 atom stereocenters. The molecule has 0 spiro atoms. The van der Waals surface area contributed by atoms with E-state index < -0.39 is 5.97 Å². The minimum absolute atomic E-state index is 0.0834. The molecule has 2 aromatic rings. The molecule has 6 nitrogen and oxygen atoms in total. The predicted octanol–water partition coefficient (Wildman–Crippen LogP) is 2.06. The molecule has 2 amide bonds. The van der Waals surface area contributed by atoms with Gasteiger partial charge in [0.05, 0.1) is 12.1 Å². The molecule has 2 rings (SSSR count). The Kier molecular flexibility index (Phi) is 6.91. The molecule has 2 aromatic carbocycles. The van der Waals surface area contributed by atoms with Gasteiger partial charge in [0.2, 0.25) is 11.8 Å². The number of carboxylic acids is 1. The maximum atomic E-state index is 11.8. The molecule has 0 aliphatic heterocycles. The zero-order valence-electron chi connectivity index (χ0n) is 14.6. The fourth-order valence-corrected chi connectivity index (χ4v) is 2.31. The van der Waals surface area contributed by atoms with E-state index in [1.165, 1.54) is 17.7 Å². The van der Waals surface area contributed by atoms with Gasteiger partial charge in [0, 0.05) is 13.0 Å². The number of carboxylic acid groups (broad SMARTS) is 1. The van der Waals surface area contributed by atoms with Crippen molar-refractivity contribution in [2.75, 3.05) is 6.54 Å². The van der Waals surface area contributed by atoms with Crippen LogP contribution in [0.2, 0.25) is 0 Å². The molecule has 0 saturated carbocycles. The summed E-state index contributed by atoms with van der Waals surface area (Å²) >= 11 is 0. The van der Waals surface area contributed by atoms with Crippen LogP contribution in [0.15, 0.2) is 48.5 Å². The van der Waals surface area contributed by atoms with Crippen molar-refractivity contribution in [1.82, 2.24) is 10.6 Å². The summed E-state index contributed by atoms with van der Waals surface area (Å²) in [5, 5.41) is 14.1. The molecule has 0 radical (unpaired) electrons. The average Bonchev–Trinajstić information content (AvgIpc) is 2.64. The molecule has 6 heteroatoms. The van der Waals surface area contributed by atoms with Crippen LogP contribution in [0.3, 0.4) is 0 Å². The maximum Gasteiger partial charge on any atom is 0.335 e. The highest BCUT2D eigenvalue weighted by Crippen LogP contribution is 2.06. The summed E-state index contributed by atoms with van der Waals surface area (Å²) in [4.78, 5) is 34.4. The van der Waals surface area contributed by atoms with Crippen molar-refractivity contribution in [1.29, 1.82) is 0 Å². The molecule has 0 aliphatic carbocycles. The van der Waals surface area contributed by atoms with Crippen LogP contribution >= 0.6 is 0 Å². The van der Waals surface area contributed by atoms with Crippen LogP contribution in [0.5, 0.6) is 0 Å². The minimum Gasteiger partial charge on any atom is -0.478 e. The third-order valence-corrected chi connectivity index (χ3v) is 3.90. The molecule has 3 N–H and O–H groups in total. The number of nitrogens with one attached hydrogen (secondary N) is 2. The summed E-state index contributed by atoms with van der Waals surface area (Å²) in [7, 11) is 0. The van der Waals surface area contributed by atoms with E-state index in [-0.39, 0.29) is 30.5 Å². The normalized spacial score (nSPS) is 10.2. The van der Waals surface area contributed by atoms with Crippen LogP contribution in [0.25, 0.3) is 0 Å². The van der Waals surface area contributed by atoms with E-state index in [4.69, 9.17) is 5.11 Å². The second-order valence-corrected chi connectivity index (χ2v) is 6.04. The highest BCUT2D eigenvalue weighted by atomic mass is 16.4. The van der Waals surface area contributed by atoms with E-state index >= 15 is 0 Å². The van der Waals surface area contributed by atoms with Gasteiger partial charge < -0.3 is 15.7 Å². The van der Waals surface area contributed by atoms with Crippen LogP contribution in [0.1, 0.15) is 33.5 Å². The van der Waals surface area contributed by atoms with Gasteiger partial charge in [-0.15, -0.1) is 0 Å². The van der Waals surface area contributed by atoms with E-state index in [0.29, 0.717) is 12.8 Å². The molecule has 0 fully saturated rings. The predicted molar refractivity (Wildman–Crippen MR) is 97.8 cm³/mol. The lowest BCUT2D eigenvalue weighted by Crippen LogP contribution is -2.36. The number of aromatic carboxylic acids is 1. The summed E-state index contributed by atoms with van der Waals surface area (Å²) in [6.45, 7) is 2.20. The fraction of sp³-hybridized carbons (Fsp3) is 0.250. The molecule has 0 saturated heterocycles. The SMILES string of the molecule is Cc1ccc(CCC(=O)NCC(=O)NCc2ccc(C(=O)O)cc2)cc1. The number of aryl methyl sites for hydroxylation is 2. The monoisotopic (exact) mass is 354 g/mol. The Morgan fingerprint density at radius 2 is 1.46 bits per heavy atom. The number of hydrogen-bond donors (Lipinski definition) is 3. The van der Waals surface area contributed by atoms with Crippen molar-refractivity contribution in [2.24, 2.45) is 0 Å². The van der Waals surface area contributed by atoms with Crippen molar-refractivity contribution >= 4 is 17.8 Å². The third-order valence-electron chi connectivity index (χ3n) is 3.90. The van der Waals surface area contributed by atoms with Gasteiger partial charge in [0.15, 0.2) is 0 Å². The lowest BCUT2D eigenvalue weighted by atomic mass is 10.1. The number of rotatable bonds is 8. The highest BCUT2D eigenvalue weighted by molar-refractivity contribution is 5.87. The van der Waals surface area contributed by atoms with Crippen molar-refractivity contribution in [3.8, 4) is 0 Å². The van der Waals surface area contributed by atoms with Gasteiger partial charge in [-0.1, -0.05) is 42.0 Å². The van der Waals surface area contributed by atoms with Crippen molar-refractivity contribution in [2.45, 2.75) is 26.3 Å². The lowest BCUT2D eigenvalue weighted by molar-refractivity contribution is -0.126. The van der Waals surface area contributed by atoms with Gasteiger partial charge >= 0.3 is 5.97 Å². The van der Waals surface area contributed by atoms with Gasteiger partial charge in [0.25, 0.3) is 0 Å². The van der Waals surface area contributed by atoms with Gasteiger partial charge in [-0.05, 0) is 36.6 Å². The average molecular weight is 354 g/mol. The number of hydrogen-bond acceptors (Lipinski definition) is 3. The maximum absolute atomic E-state index is 11.8.